The molecule has 13 heteroatoms. The second kappa shape index (κ2) is 12.2. The van der Waals surface area contributed by atoms with Crippen molar-refractivity contribution in [2.24, 2.45) is 0 Å². The van der Waals surface area contributed by atoms with E-state index in [4.69, 9.17) is 5.26 Å². The number of hydrogen-bond donors (Lipinski definition) is 5. The van der Waals surface area contributed by atoms with Gasteiger partial charge in [-0.2, -0.15) is 18.4 Å². The molecular weight excluding hydrogens is 590 g/mol. The second-order valence-electron chi connectivity index (χ2n) is 9.35. The van der Waals surface area contributed by atoms with Crippen LogP contribution in [-0.2, 0) is 19.5 Å². The lowest BCUT2D eigenvalue weighted by atomic mass is 10.1. The highest BCUT2D eigenvalue weighted by atomic mass is 32.2. The van der Waals surface area contributed by atoms with E-state index < -0.39 is 10.1 Å². The van der Waals surface area contributed by atoms with Gasteiger partial charge in [0.15, 0.2) is 0 Å². The van der Waals surface area contributed by atoms with Crippen LogP contribution in [0.1, 0.15) is 0 Å². The lowest BCUT2D eigenvalue weighted by molar-refractivity contribution is -0.432. The number of nitrogens with zero attached hydrogens (tertiary/aromatic N) is 2. The van der Waals surface area contributed by atoms with Crippen molar-refractivity contribution in [3.05, 3.63) is 109 Å². The Labute approximate surface area is 250 Å². The van der Waals surface area contributed by atoms with E-state index in [1.807, 2.05) is 72.8 Å². The van der Waals surface area contributed by atoms with E-state index in [0.29, 0.717) is 23.0 Å². The number of benzene rings is 5. The number of anilines is 6. The smallest absolute Gasteiger partial charge is 0.294 e. The Balaban J connectivity index is 1.30. The predicted octanol–water partition coefficient (Wildman–Crippen LogP) is 7.69. The molecule has 0 bridgehead atoms. The van der Waals surface area contributed by atoms with E-state index in [2.05, 4.69) is 35.3 Å². The van der Waals surface area contributed by atoms with Crippen LogP contribution in [0.5, 0.6) is 0 Å². The Morgan fingerprint density at radius 1 is 0.628 bits per heavy atom. The van der Waals surface area contributed by atoms with Gasteiger partial charge in [0.1, 0.15) is 11.6 Å². The van der Waals surface area contributed by atoms with Crippen molar-refractivity contribution in [1.82, 2.24) is 9.97 Å². The minimum atomic E-state index is -4.30. The van der Waals surface area contributed by atoms with Crippen LogP contribution in [-0.4, -0.2) is 28.2 Å². The largest absolute Gasteiger partial charge is 0.340 e. The summed E-state index contributed by atoms with van der Waals surface area (Å²) < 4.78 is 36.9. The minimum absolute atomic E-state index is 0.165. The molecular formula is C30H23N5O6S2. The fourth-order valence-electron chi connectivity index (χ4n) is 4.45. The van der Waals surface area contributed by atoms with Gasteiger partial charge in [0.2, 0.25) is 5.95 Å². The fourth-order valence-corrected chi connectivity index (χ4v) is 5.37. The standard InChI is InChI=1S/C30H23N5O6S2/c36-40-41-42-26-12-8-19-15-25(11-6-21(19)16-26)33-30-34-28(31-23-4-2-1-3-5-23)18-29(35-30)32-24-10-7-22-17-27(43(37,38)39)13-9-20(22)14-24/h1-18,36H,(H,37,38,39)(H3,31,32,33,34,35). The molecule has 6 rings (SSSR count). The van der Waals surface area contributed by atoms with E-state index in [1.165, 1.54) is 12.1 Å². The maximum atomic E-state index is 11.5. The molecule has 216 valence electrons. The van der Waals surface area contributed by atoms with Gasteiger partial charge >= 0.3 is 0 Å². The molecule has 0 aliphatic heterocycles. The lowest BCUT2D eigenvalue weighted by Crippen LogP contribution is -2.04. The third-order valence-corrected chi connectivity index (χ3v) is 7.81. The number of nitrogens with one attached hydrogen (secondary N) is 3. The van der Waals surface area contributed by atoms with Crippen molar-refractivity contribution in [1.29, 1.82) is 0 Å². The molecule has 0 aliphatic carbocycles. The molecule has 6 aromatic rings. The number of aromatic nitrogens is 2. The molecule has 0 atom stereocenters. The third-order valence-electron chi connectivity index (χ3n) is 6.38. The van der Waals surface area contributed by atoms with Gasteiger partial charge in [-0.25, -0.2) is 5.26 Å². The Kier molecular flexibility index (Phi) is 8.07. The molecule has 0 unspecified atom stereocenters. The van der Waals surface area contributed by atoms with E-state index >= 15 is 0 Å². The first-order chi connectivity index (χ1) is 20.8. The van der Waals surface area contributed by atoms with Crippen LogP contribution in [0.2, 0.25) is 0 Å². The number of hydrogen-bond acceptors (Lipinski definition) is 11. The summed E-state index contributed by atoms with van der Waals surface area (Å²) >= 11 is 0.893. The molecule has 0 saturated heterocycles. The SMILES string of the molecule is O=S(=O)(O)c1ccc2cc(Nc3cc(Nc4ccccc4)nc(Nc4ccc5cc(SOOO)ccc5c4)n3)ccc2c1. The predicted molar refractivity (Wildman–Crippen MR) is 167 cm³/mol. The maximum Gasteiger partial charge on any atom is 0.294 e. The zero-order valence-corrected chi connectivity index (χ0v) is 23.8. The van der Waals surface area contributed by atoms with Crippen LogP contribution in [0.25, 0.3) is 21.5 Å². The summed E-state index contributed by atoms with van der Waals surface area (Å²) in [5.41, 5.74) is 2.34. The van der Waals surface area contributed by atoms with E-state index in [9.17, 15) is 13.0 Å². The zero-order valence-electron chi connectivity index (χ0n) is 22.1. The topological polar surface area (TPSA) is 155 Å². The van der Waals surface area contributed by atoms with Gasteiger partial charge in [0, 0.05) is 28.0 Å². The Morgan fingerprint density at radius 3 is 1.88 bits per heavy atom. The summed E-state index contributed by atoms with van der Waals surface area (Å²) in [6.45, 7) is 0. The van der Waals surface area contributed by atoms with Crippen LogP contribution in [0.4, 0.5) is 34.6 Å². The molecule has 5 N–H and O–H groups in total. The molecule has 0 saturated carbocycles. The first kappa shape index (κ1) is 28.4. The first-order valence-electron chi connectivity index (χ1n) is 12.8. The van der Waals surface area contributed by atoms with Gasteiger partial charge in [-0.05, 0) is 82.2 Å². The monoisotopic (exact) mass is 613 g/mol. The Hall–Kier alpha value is -4.76. The van der Waals surface area contributed by atoms with Gasteiger partial charge in [0.05, 0.1) is 16.9 Å². The van der Waals surface area contributed by atoms with Crippen molar-refractivity contribution < 1.29 is 27.6 Å². The van der Waals surface area contributed by atoms with Crippen molar-refractivity contribution in [3.8, 4) is 0 Å². The average molecular weight is 614 g/mol. The van der Waals surface area contributed by atoms with Gasteiger partial charge in [-0.1, -0.05) is 47.5 Å². The quantitative estimate of drug-likeness (QED) is 0.0445. The van der Waals surface area contributed by atoms with Crippen LogP contribution >= 0.6 is 12.0 Å². The third kappa shape index (κ3) is 7.01. The summed E-state index contributed by atoms with van der Waals surface area (Å²) in [6, 6.07) is 32.7. The Morgan fingerprint density at radius 2 is 1.21 bits per heavy atom. The molecule has 0 aliphatic rings. The summed E-state index contributed by atoms with van der Waals surface area (Å²) in [5, 5.41) is 25.3. The van der Waals surface area contributed by atoms with Gasteiger partial charge < -0.3 is 16.0 Å². The molecule has 5 aromatic carbocycles. The lowest BCUT2D eigenvalue weighted by Gasteiger charge is -2.13. The molecule has 0 fully saturated rings. The van der Waals surface area contributed by atoms with Crippen LogP contribution in [0, 0.1) is 0 Å². The molecule has 1 heterocycles. The molecule has 1 aromatic heterocycles. The van der Waals surface area contributed by atoms with Crippen LogP contribution < -0.4 is 16.0 Å². The molecule has 11 nitrogen and oxygen atoms in total. The zero-order chi connectivity index (χ0) is 29.8. The molecule has 43 heavy (non-hydrogen) atoms. The number of fused-ring (bicyclic) bond motifs is 2. The normalized spacial score (nSPS) is 11.5. The molecule has 0 spiro atoms. The summed E-state index contributed by atoms with van der Waals surface area (Å²) in [7, 11) is -4.30. The van der Waals surface area contributed by atoms with Crippen molar-refractivity contribution in [2.75, 3.05) is 16.0 Å². The summed E-state index contributed by atoms with van der Waals surface area (Å²) in [5.74, 6) is 1.42. The Bertz CT molecular complexity index is 2050. The van der Waals surface area contributed by atoms with E-state index in [-0.39, 0.29) is 4.90 Å². The number of rotatable bonds is 10. The first-order valence-corrected chi connectivity index (χ1v) is 15.0. The van der Waals surface area contributed by atoms with Crippen molar-refractivity contribution >= 4 is 78.4 Å². The summed E-state index contributed by atoms with van der Waals surface area (Å²) in [6.07, 6.45) is 0. The molecule has 0 amide bonds. The minimum Gasteiger partial charge on any atom is -0.340 e. The second-order valence-corrected chi connectivity index (χ2v) is 11.5. The van der Waals surface area contributed by atoms with E-state index in [0.717, 1.165) is 50.2 Å². The van der Waals surface area contributed by atoms with E-state index in [1.54, 1.807) is 24.3 Å². The van der Waals surface area contributed by atoms with Gasteiger partial charge in [-0.15, -0.1) is 4.33 Å². The van der Waals surface area contributed by atoms with Gasteiger partial charge in [0.25, 0.3) is 10.1 Å². The van der Waals surface area contributed by atoms with Crippen LogP contribution in [0.15, 0.2) is 119 Å². The van der Waals surface area contributed by atoms with Gasteiger partial charge in [-0.3, -0.25) is 4.55 Å². The average Bonchev–Trinajstić information content (AvgIpc) is 2.99. The highest BCUT2D eigenvalue weighted by Crippen LogP contribution is 2.29. The summed E-state index contributed by atoms with van der Waals surface area (Å²) in [4.78, 5) is 9.93. The fraction of sp³-hybridized carbons (Fsp3) is 0. The molecule has 0 radical (unpaired) electrons. The van der Waals surface area contributed by atoms with Crippen molar-refractivity contribution in [2.45, 2.75) is 9.79 Å². The highest BCUT2D eigenvalue weighted by Gasteiger charge is 2.11. The highest BCUT2D eigenvalue weighted by molar-refractivity contribution is 7.94. The van der Waals surface area contributed by atoms with Crippen LogP contribution in [0.3, 0.4) is 0 Å². The van der Waals surface area contributed by atoms with Crippen molar-refractivity contribution in [3.63, 3.8) is 0 Å². The number of para-hydroxylation sites is 1. The maximum absolute atomic E-state index is 11.5.